The quantitative estimate of drug-likeness (QED) is 0.452. The van der Waals surface area contributed by atoms with Crippen LogP contribution in [0, 0.1) is 11.3 Å². The van der Waals surface area contributed by atoms with Crippen molar-refractivity contribution in [2.45, 2.75) is 97.0 Å². The summed E-state index contributed by atoms with van der Waals surface area (Å²) in [7, 11) is 5.41. The van der Waals surface area contributed by atoms with Gasteiger partial charge in [-0.15, -0.1) is 0 Å². The number of pyridine rings is 2. The lowest BCUT2D eigenvalue weighted by Crippen LogP contribution is -2.51. The van der Waals surface area contributed by atoms with Crippen molar-refractivity contribution in [1.82, 2.24) is 20.2 Å². The Bertz CT molecular complexity index is 1300. The number of amides is 1. The Labute approximate surface area is 256 Å². The maximum atomic E-state index is 14.4. The molecule has 2 aliphatic rings. The van der Waals surface area contributed by atoms with E-state index in [4.69, 9.17) is 9.47 Å². The summed E-state index contributed by atoms with van der Waals surface area (Å²) in [5, 5.41) is 14.5. The normalized spacial score (nSPS) is 24.6. The fourth-order valence-electron chi connectivity index (χ4n) is 6.61. The number of methoxy groups -OCH3 is 1. The smallest absolute Gasteiger partial charge is 0.326 e. The lowest BCUT2D eigenvalue weighted by Gasteiger charge is -2.36. The van der Waals surface area contributed by atoms with Gasteiger partial charge in [-0.25, -0.2) is 14.8 Å². The summed E-state index contributed by atoms with van der Waals surface area (Å²) in [6.45, 7) is 13.4. The highest BCUT2D eigenvalue weighted by Gasteiger charge is 2.59. The van der Waals surface area contributed by atoms with E-state index in [0.29, 0.717) is 31.3 Å². The van der Waals surface area contributed by atoms with Crippen LogP contribution in [0.2, 0.25) is 0 Å². The van der Waals surface area contributed by atoms with Gasteiger partial charge in [-0.05, 0) is 47.8 Å². The molecule has 236 valence electrons. The van der Waals surface area contributed by atoms with Crippen molar-refractivity contribution in [3.8, 4) is 5.88 Å². The van der Waals surface area contributed by atoms with Crippen LogP contribution in [0.25, 0.3) is 0 Å². The fourth-order valence-corrected chi connectivity index (χ4v) is 6.61. The fraction of sp³-hybridized carbons (Fsp3) is 0.636. The van der Waals surface area contributed by atoms with E-state index in [1.54, 1.807) is 18.2 Å². The van der Waals surface area contributed by atoms with Crippen molar-refractivity contribution in [2.75, 3.05) is 32.7 Å². The Morgan fingerprint density at radius 2 is 1.88 bits per heavy atom. The minimum absolute atomic E-state index is 0.119. The second-order valence-corrected chi connectivity index (χ2v) is 14.1. The zero-order valence-corrected chi connectivity index (χ0v) is 27.2. The molecule has 0 unspecified atom stereocenters. The van der Waals surface area contributed by atoms with Crippen LogP contribution in [-0.4, -0.2) is 77.9 Å². The molecule has 2 fully saturated rings. The number of aliphatic carboxylic acids is 1. The first-order chi connectivity index (χ1) is 20.2. The van der Waals surface area contributed by atoms with Crippen LogP contribution in [0.1, 0.15) is 83.5 Å². The molecule has 0 saturated carbocycles. The molecule has 1 amide bonds. The van der Waals surface area contributed by atoms with E-state index in [0.717, 1.165) is 29.5 Å². The highest BCUT2D eigenvalue weighted by Crippen LogP contribution is 2.50. The number of carboxylic acid groups (broad SMARTS) is 1. The molecule has 4 rings (SSSR count). The van der Waals surface area contributed by atoms with Crippen LogP contribution in [0.4, 0.5) is 5.82 Å². The summed E-state index contributed by atoms with van der Waals surface area (Å²) in [5.74, 6) is -0.547. The zero-order valence-electron chi connectivity index (χ0n) is 27.2. The summed E-state index contributed by atoms with van der Waals surface area (Å²) in [5.41, 5.74) is 2.13. The number of rotatable bonds is 8. The first-order valence-corrected chi connectivity index (χ1v) is 15.2. The number of anilines is 1. The molecule has 10 nitrogen and oxygen atoms in total. The summed E-state index contributed by atoms with van der Waals surface area (Å²) in [4.78, 5) is 40.3. The number of nitrogens with one attached hydrogen (secondary N) is 1. The van der Waals surface area contributed by atoms with E-state index < -0.39 is 41.5 Å². The number of hydrogen-bond donors (Lipinski definition) is 2. The minimum atomic E-state index is -1.07. The van der Waals surface area contributed by atoms with Gasteiger partial charge in [0, 0.05) is 62.7 Å². The first-order valence-electron chi connectivity index (χ1n) is 15.2. The summed E-state index contributed by atoms with van der Waals surface area (Å²) >= 11 is 0. The van der Waals surface area contributed by atoms with Gasteiger partial charge in [0.15, 0.2) is 0 Å². The average Bonchev–Trinajstić information content (AvgIpc) is 3.31. The number of hydrogen-bond acceptors (Lipinski definition) is 8. The highest BCUT2D eigenvalue weighted by atomic mass is 16.5. The predicted octanol–water partition coefficient (Wildman–Crippen LogP) is 4.58. The van der Waals surface area contributed by atoms with Gasteiger partial charge in [0.25, 0.3) is 5.91 Å². The second kappa shape index (κ2) is 12.8. The second-order valence-electron chi connectivity index (χ2n) is 14.1. The van der Waals surface area contributed by atoms with Crippen LogP contribution in [0.3, 0.4) is 0 Å². The van der Waals surface area contributed by atoms with Gasteiger partial charge < -0.3 is 29.7 Å². The minimum Gasteiger partial charge on any atom is -0.481 e. The molecular formula is C33H49N5O5. The summed E-state index contributed by atoms with van der Waals surface area (Å²) < 4.78 is 11.6. The summed E-state index contributed by atoms with van der Waals surface area (Å²) in [6, 6.07) is 3.78. The van der Waals surface area contributed by atoms with E-state index in [9.17, 15) is 14.7 Å². The lowest BCUT2D eigenvalue weighted by atomic mass is 9.72. The predicted molar refractivity (Wildman–Crippen MR) is 166 cm³/mol. The van der Waals surface area contributed by atoms with Crippen molar-refractivity contribution in [3.05, 3.63) is 47.3 Å². The molecule has 2 saturated heterocycles. The van der Waals surface area contributed by atoms with Crippen LogP contribution < -0.4 is 15.0 Å². The number of carboxylic acids is 1. The molecule has 2 N–H and O–H groups in total. The third kappa shape index (κ3) is 6.80. The molecule has 2 aromatic heterocycles. The largest absolute Gasteiger partial charge is 0.481 e. The molecule has 4 heterocycles. The molecule has 2 aliphatic heterocycles. The number of likely N-dealkylation sites (tertiary alicyclic amines) is 1. The molecule has 0 bridgehead atoms. The molecule has 5 atom stereocenters. The maximum Gasteiger partial charge on any atom is 0.326 e. The maximum absolute atomic E-state index is 14.4. The molecule has 0 spiro atoms. The van der Waals surface area contributed by atoms with Crippen LogP contribution in [0.15, 0.2) is 30.6 Å². The van der Waals surface area contributed by atoms with Gasteiger partial charge >= 0.3 is 5.97 Å². The SMILES string of the molecule is COc1ncc(C(C)(C)C)cc1CN[C@H]1[C@H](C(C)(C)C)[C@@H](C(=O)O)N(C(=O)[C@@H]2CCCCO2)[C@H]1c1cccnc1N(C)C. The van der Waals surface area contributed by atoms with Crippen LogP contribution >= 0.6 is 0 Å². The van der Waals surface area contributed by atoms with Crippen molar-refractivity contribution >= 4 is 17.7 Å². The van der Waals surface area contributed by atoms with Crippen molar-refractivity contribution in [1.29, 1.82) is 0 Å². The number of nitrogens with zero attached hydrogens (tertiary/aromatic N) is 4. The van der Waals surface area contributed by atoms with Gasteiger partial charge in [0.05, 0.1) is 13.2 Å². The number of ether oxygens (including phenoxy) is 2. The number of aromatic nitrogens is 2. The molecule has 43 heavy (non-hydrogen) atoms. The Morgan fingerprint density at radius 1 is 1.16 bits per heavy atom. The van der Waals surface area contributed by atoms with Crippen LogP contribution in [-0.2, 0) is 26.3 Å². The van der Waals surface area contributed by atoms with Gasteiger partial charge in [-0.3, -0.25) is 4.79 Å². The zero-order chi connectivity index (χ0) is 31.7. The average molecular weight is 596 g/mol. The van der Waals surface area contributed by atoms with Gasteiger partial charge in [0.2, 0.25) is 5.88 Å². The van der Waals surface area contributed by atoms with Crippen molar-refractivity contribution in [3.63, 3.8) is 0 Å². The van der Waals surface area contributed by atoms with Gasteiger partial charge in [-0.1, -0.05) is 47.6 Å². The van der Waals surface area contributed by atoms with Gasteiger partial charge in [-0.2, -0.15) is 0 Å². The third-order valence-electron chi connectivity index (χ3n) is 8.70. The van der Waals surface area contributed by atoms with Gasteiger partial charge in [0.1, 0.15) is 18.0 Å². The van der Waals surface area contributed by atoms with Crippen molar-refractivity contribution < 1.29 is 24.2 Å². The number of carbonyl (C=O) groups excluding carboxylic acids is 1. The molecular weight excluding hydrogens is 546 g/mol. The number of carbonyl (C=O) groups is 2. The summed E-state index contributed by atoms with van der Waals surface area (Å²) in [6.07, 6.45) is 5.21. The van der Waals surface area contributed by atoms with E-state index in [1.807, 2.05) is 58.1 Å². The lowest BCUT2D eigenvalue weighted by molar-refractivity contribution is -0.159. The molecule has 10 heteroatoms. The Morgan fingerprint density at radius 3 is 2.44 bits per heavy atom. The Hall–Kier alpha value is -3.24. The topological polar surface area (TPSA) is 117 Å². The Kier molecular flexibility index (Phi) is 9.71. The van der Waals surface area contributed by atoms with E-state index in [-0.39, 0.29) is 11.3 Å². The molecule has 2 aromatic rings. The van der Waals surface area contributed by atoms with E-state index in [2.05, 4.69) is 42.1 Å². The highest BCUT2D eigenvalue weighted by molar-refractivity contribution is 5.88. The molecule has 0 aliphatic carbocycles. The van der Waals surface area contributed by atoms with E-state index >= 15 is 0 Å². The van der Waals surface area contributed by atoms with Crippen LogP contribution in [0.5, 0.6) is 5.88 Å². The van der Waals surface area contributed by atoms with Crippen molar-refractivity contribution in [2.24, 2.45) is 11.3 Å². The molecule has 0 aromatic carbocycles. The Balaban J connectivity index is 1.89. The standard InChI is InChI=1S/C33H49N5O5/c1-32(2,3)21-17-20(29(42-9)36-19-21)18-35-25-24(33(4,5)6)27(31(40)41)38(30(39)23-14-10-11-16-43-23)26(25)22-13-12-15-34-28(22)37(7)8/h12-13,15,17,19,23-27,35H,10-11,14,16,18H2,1-9H3,(H,40,41)/t23-,24-,25-,26-,27-/m0/s1. The third-order valence-corrected chi connectivity index (χ3v) is 8.70. The molecule has 0 radical (unpaired) electrons. The van der Waals surface area contributed by atoms with E-state index in [1.165, 1.54) is 0 Å². The first kappa shape index (κ1) is 32.7. The monoisotopic (exact) mass is 595 g/mol.